The first-order valence-electron chi connectivity index (χ1n) is 4.59. The van der Waals surface area contributed by atoms with E-state index in [1.807, 2.05) is 0 Å². The molecule has 0 aliphatic heterocycles. The van der Waals surface area contributed by atoms with Gasteiger partial charge in [0.25, 0.3) is 5.69 Å². The Morgan fingerprint density at radius 2 is 2.29 bits per heavy atom. The minimum Gasteiger partial charge on any atom is -0.324 e. The zero-order valence-electron chi connectivity index (χ0n) is 8.81. The maximum absolute atomic E-state index is 11.3. The van der Waals surface area contributed by atoms with E-state index in [0.717, 1.165) is 6.07 Å². The van der Waals surface area contributed by atoms with Crippen molar-refractivity contribution in [2.75, 3.05) is 5.32 Å². The smallest absolute Gasteiger partial charge is 0.270 e. The number of nitro groups is 1. The van der Waals surface area contributed by atoms with E-state index >= 15 is 0 Å². The molecule has 0 aliphatic carbocycles. The lowest BCUT2D eigenvalue weighted by Crippen LogP contribution is -2.20. The average molecular weight is 254 g/mol. The molecular formula is C10H8ClN3O3. The van der Waals surface area contributed by atoms with Crippen LogP contribution in [-0.4, -0.2) is 16.2 Å². The lowest BCUT2D eigenvalue weighted by atomic mass is 10.1. The van der Waals surface area contributed by atoms with Crippen LogP contribution in [0.25, 0.3) is 0 Å². The van der Waals surface area contributed by atoms with Crippen LogP contribution < -0.4 is 5.32 Å². The summed E-state index contributed by atoms with van der Waals surface area (Å²) in [5.74, 6) is -0.475. The Balaban J connectivity index is 3.06. The fourth-order valence-corrected chi connectivity index (χ4v) is 1.13. The summed E-state index contributed by atoms with van der Waals surface area (Å²) in [7, 11) is 0. The number of nitrogens with zero attached hydrogens (tertiary/aromatic N) is 2. The molecule has 1 aromatic rings. The number of hydrogen-bond acceptors (Lipinski definition) is 4. The number of carbonyl (C=O) groups is 1. The highest BCUT2D eigenvalue weighted by atomic mass is 35.5. The van der Waals surface area contributed by atoms with Gasteiger partial charge in [-0.2, -0.15) is 5.26 Å². The van der Waals surface area contributed by atoms with Gasteiger partial charge in [0.15, 0.2) is 0 Å². The minimum atomic E-state index is -0.753. The number of hydrogen-bond donors (Lipinski definition) is 1. The molecule has 17 heavy (non-hydrogen) atoms. The van der Waals surface area contributed by atoms with Gasteiger partial charge in [0, 0.05) is 12.1 Å². The molecule has 0 aliphatic rings. The molecule has 0 saturated carbocycles. The fraction of sp³-hybridized carbons (Fsp3) is 0.200. The Kier molecular flexibility index (Phi) is 4.01. The zero-order chi connectivity index (χ0) is 13.0. The number of alkyl halides is 1. The largest absolute Gasteiger partial charge is 0.324 e. The molecule has 1 aromatic carbocycles. The van der Waals surface area contributed by atoms with Gasteiger partial charge in [-0.3, -0.25) is 14.9 Å². The number of nitro benzene ring substituents is 1. The van der Waals surface area contributed by atoms with Crippen LogP contribution in [0.1, 0.15) is 12.5 Å². The quantitative estimate of drug-likeness (QED) is 0.506. The highest BCUT2D eigenvalue weighted by Crippen LogP contribution is 2.21. The summed E-state index contributed by atoms with van der Waals surface area (Å²) in [5.41, 5.74) is 0.0129. The molecule has 1 atom stereocenters. The van der Waals surface area contributed by atoms with Gasteiger partial charge in [0.1, 0.15) is 11.4 Å². The van der Waals surface area contributed by atoms with Crippen LogP contribution in [0.5, 0.6) is 0 Å². The third-order valence-electron chi connectivity index (χ3n) is 1.95. The van der Waals surface area contributed by atoms with E-state index in [9.17, 15) is 14.9 Å². The molecule has 1 unspecified atom stereocenters. The van der Waals surface area contributed by atoms with Crippen LogP contribution >= 0.6 is 11.6 Å². The van der Waals surface area contributed by atoms with Crippen molar-refractivity contribution in [2.24, 2.45) is 0 Å². The summed E-state index contributed by atoms with van der Waals surface area (Å²) < 4.78 is 0. The van der Waals surface area contributed by atoms with Gasteiger partial charge in [-0.15, -0.1) is 11.6 Å². The number of non-ortho nitro benzene ring substituents is 1. The highest BCUT2D eigenvalue weighted by Gasteiger charge is 2.14. The summed E-state index contributed by atoms with van der Waals surface area (Å²) >= 11 is 5.55. The van der Waals surface area contributed by atoms with E-state index in [4.69, 9.17) is 16.9 Å². The summed E-state index contributed by atoms with van der Waals surface area (Å²) in [5, 5.41) is 21.0. The molecule has 0 spiro atoms. The molecule has 1 N–H and O–H groups in total. The number of anilines is 1. The van der Waals surface area contributed by atoms with Crippen molar-refractivity contribution in [1.82, 2.24) is 0 Å². The maximum Gasteiger partial charge on any atom is 0.270 e. The average Bonchev–Trinajstić information content (AvgIpc) is 2.28. The molecule has 0 heterocycles. The van der Waals surface area contributed by atoms with Gasteiger partial charge in [0.05, 0.1) is 16.2 Å². The van der Waals surface area contributed by atoms with Crippen LogP contribution in [0.2, 0.25) is 0 Å². The van der Waals surface area contributed by atoms with Crippen molar-refractivity contribution in [2.45, 2.75) is 12.3 Å². The molecule has 6 nitrogen and oxygen atoms in total. The van der Waals surface area contributed by atoms with E-state index in [2.05, 4.69) is 5.32 Å². The molecule has 0 fully saturated rings. The van der Waals surface area contributed by atoms with Crippen molar-refractivity contribution in [3.8, 4) is 6.07 Å². The topological polar surface area (TPSA) is 96.0 Å². The second-order valence-electron chi connectivity index (χ2n) is 3.20. The number of benzene rings is 1. The van der Waals surface area contributed by atoms with Crippen LogP contribution in [-0.2, 0) is 4.79 Å². The Morgan fingerprint density at radius 1 is 1.65 bits per heavy atom. The lowest BCUT2D eigenvalue weighted by molar-refractivity contribution is -0.384. The van der Waals surface area contributed by atoms with Gasteiger partial charge in [0.2, 0.25) is 5.91 Å². The first-order chi connectivity index (χ1) is 7.95. The second kappa shape index (κ2) is 5.27. The van der Waals surface area contributed by atoms with Gasteiger partial charge < -0.3 is 5.32 Å². The molecule has 0 bridgehead atoms. The van der Waals surface area contributed by atoms with Gasteiger partial charge in [-0.25, -0.2) is 0 Å². The van der Waals surface area contributed by atoms with Crippen LogP contribution in [0.4, 0.5) is 11.4 Å². The summed E-state index contributed by atoms with van der Waals surface area (Å²) in [6.45, 7) is 1.48. The summed E-state index contributed by atoms with van der Waals surface area (Å²) in [6, 6.07) is 5.37. The third kappa shape index (κ3) is 3.16. The van der Waals surface area contributed by atoms with E-state index in [1.54, 1.807) is 6.07 Å². The van der Waals surface area contributed by atoms with E-state index < -0.39 is 16.2 Å². The molecule has 0 aromatic heterocycles. The Bertz CT molecular complexity index is 508. The molecular weight excluding hydrogens is 246 g/mol. The molecule has 0 saturated heterocycles. The standard InChI is InChI=1S/C10H8ClN3O3/c1-6(11)10(15)13-9-3-2-8(14(16)17)4-7(9)5-12/h2-4,6H,1H3,(H,13,15). The van der Waals surface area contributed by atoms with Crippen LogP contribution in [0.3, 0.4) is 0 Å². The Morgan fingerprint density at radius 3 is 2.76 bits per heavy atom. The second-order valence-corrected chi connectivity index (χ2v) is 3.86. The van der Waals surface area contributed by atoms with Gasteiger partial charge in [-0.05, 0) is 13.0 Å². The summed E-state index contributed by atoms with van der Waals surface area (Å²) in [6.07, 6.45) is 0. The van der Waals surface area contributed by atoms with Crippen LogP contribution in [0.15, 0.2) is 18.2 Å². The number of nitriles is 1. The number of amides is 1. The fourth-order valence-electron chi connectivity index (χ4n) is 1.08. The molecule has 0 radical (unpaired) electrons. The normalized spacial score (nSPS) is 11.4. The van der Waals surface area contributed by atoms with E-state index in [-0.39, 0.29) is 16.9 Å². The lowest BCUT2D eigenvalue weighted by Gasteiger charge is -2.07. The minimum absolute atomic E-state index is 0.0184. The molecule has 1 amide bonds. The SMILES string of the molecule is CC(Cl)C(=O)Nc1ccc([N+](=O)[O-])cc1C#N. The number of nitrogens with one attached hydrogen (secondary N) is 1. The molecule has 1 rings (SSSR count). The Hall–Kier alpha value is -2.13. The Labute approximate surface area is 102 Å². The predicted molar refractivity (Wildman–Crippen MR) is 61.8 cm³/mol. The van der Waals surface area contributed by atoms with Crippen molar-refractivity contribution >= 4 is 28.9 Å². The highest BCUT2D eigenvalue weighted by molar-refractivity contribution is 6.32. The van der Waals surface area contributed by atoms with Crippen LogP contribution in [0, 0.1) is 21.4 Å². The third-order valence-corrected chi connectivity index (χ3v) is 2.15. The van der Waals surface area contributed by atoms with E-state index in [1.165, 1.54) is 19.1 Å². The van der Waals surface area contributed by atoms with Crippen molar-refractivity contribution in [1.29, 1.82) is 5.26 Å². The monoisotopic (exact) mass is 253 g/mol. The first-order valence-corrected chi connectivity index (χ1v) is 5.03. The first kappa shape index (κ1) is 12.9. The maximum atomic E-state index is 11.3. The van der Waals surface area contributed by atoms with Crippen molar-refractivity contribution in [3.63, 3.8) is 0 Å². The van der Waals surface area contributed by atoms with Crippen molar-refractivity contribution < 1.29 is 9.72 Å². The summed E-state index contributed by atoms with van der Waals surface area (Å²) in [4.78, 5) is 21.2. The number of halogens is 1. The van der Waals surface area contributed by atoms with Gasteiger partial charge in [-0.1, -0.05) is 0 Å². The van der Waals surface area contributed by atoms with E-state index in [0.29, 0.717) is 0 Å². The molecule has 7 heteroatoms. The zero-order valence-corrected chi connectivity index (χ0v) is 9.56. The van der Waals surface area contributed by atoms with Crippen molar-refractivity contribution in [3.05, 3.63) is 33.9 Å². The predicted octanol–water partition coefficient (Wildman–Crippen LogP) is 2.03. The number of rotatable bonds is 3. The number of carbonyl (C=O) groups excluding carboxylic acids is 1. The van der Waals surface area contributed by atoms with Gasteiger partial charge >= 0.3 is 0 Å². The molecule has 88 valence electrons.